The Balaban J connectivity index is 2.18. The SMILES string of the molecule is NC(=S)c1c(Br)cccc1NCc1ccc(Cl)cc1. The molecule has 0 aromatic heterocycles. The third-order valence-electron chi connectivity index (χ3n) is 2.66. The molecule has 0 spiro atoms. The number of nitrogens with two attached hydrogens (primary N) is 1. The largest absolute Gasteiger partial charge is 0.389 e. The number of benzene rings is 2. The highest BCUT2D eigenvalue weighted by Crippen LogP contribution is 2.25. The quantitative estimate of drug-likeness (QED) is 0.801. The number of hydrogen-bond acceptors (Lipinski definition) is 2. The highest BCUT2D eigenvalue weighted by atomic mass is 79.9. The third-order valence-corrected chi connectivity index (χ3v) is 3.77. The molecule has 0 aliphatic carbocycles. The van der Waals surface area contributed by atoms with Gasteiger partial charge in [0.15, 0.2) is 0 Å². The van der Waals surface area contributed by atoms with Crippen LogP contribution in [0.25, 0.3) is 0 Å². The normalized spacial score (nSPS) is 10.2. The first-order valence-corrected chi connectivity index (χ1v) is 7.22. The zero-order valence-corrected chi connectivity index (χ0v) is 13.1. The highest BCUT2D eigenvalue weighted by molar-refractivity contribution is 9.10. The van der Waals surface area contributed by atoms with Crippen LogP contribution < -0.4 is 11.1 Å². The topological polar surface area (TPSA) is 38.0 Å². The van der Waals surface area contributed by atoms with Crippen LogP contribution in [0.2, 0.25) is 5.02 Å². The van der Waals surface area contributed by atoms with Gasteiger partial charge >= 0.3 is 0 Å². The molecule has 2 rings (SSSR count). The minimum absolute atomic E-state index is 0.367. The Morgan fingerprint density at radius 1 is 1.21 bits per heavy atom. The Bertz CT molecular complexity index is 599. The van der Waals surface area contributed by atoms with Crippen molar-refractivity contribution in [1.29, 1.82) is 0 Å². The molecular formula is C14H12BrClN2S. The van der Waals surface area contributed by atoms with Crippen molar-refractivity contribution in [2.75, 3.05) is 5.32 Å². The van der Waals surface area contributed by atoms with Gasteiger partial charge in [0.25, 0.3) is 0 Å². The first-order valence-electron chi connectivity index (χ1n) is 5.64. The molecule has 2 aromatic carbocycles. The second kappa shape index (κ2) is 6.37. The summed E-state index contributed by atoms with van der Waals surface area (Å²) in [5.41, 5.74) is 8.62. The Morgan fingerprint density at radius 2 is 1.89 bits per heavy atom. The Kier molecular flexibility index (Phi) is 4.80. The first-order chi connectivity index (χ1) is 9.08. The Labute approximate surface area is 131 Å². The molecule has 0 unspecified atom stereocenters. The standard InChI is InChI=1S/C14H12BrClN2S/c15-11-2-1-3-12(13(11)14(17)19)18-8-9-4-6-10(16)7-5-9/h1-7,18H,8H2,(H2,17,19). The van der Waals surface area contributed by atoms with Gasteiger partial charge in [-0.3, -0.25) is 0 Å². The van der Waals surface area contributed by atoms with E-state index in [9.17, 15) is 0 Å². The van der Waals surface area contributed by atoms with Gasteiger partial charge in [-0.1, -0.05) is 42.0 Å². The minimum Gasteiger partial charge on any atom is -0.389 e. The maximum atomic E-state index is 5.86. The first kappa shape index (κ1) is 14.3. The number of nitrogens with one attached hydrogen (secondary N) is 1. The molecule has 0 saturated heterocycles. The molecule has 0 radical (unpaired) electrons. The summed E-state index contributed by atoms with van der Waals surface area (Å²) in [5, 5.41) is 4.06. The van der Waals surface area contributed by atoms with E-state index in [-0.39, 0.29) is 0 Å². The fourth-order valence-electron chi connectivity index (χ4n) is 1.72. The van der Waals surface area contributed by atoms with E-state index >= 15 is 0 Å². The molecule has 2 aromatic rings. The number of anilines is 1. The highest BCUT2D eigenvalue weighted by Gasteiger charge is 2.08. The number of halogens is 2. The van der Waals surface area contributed by atoms with Gasteiger partial charge in [0.2, 0.25) is 0 Å². The van der Waals surface area contributed by atoms with E-state index in [0.29, 0.717) is 11.5 Å². The van der Waals surface area contributed by atoms with Crippen molar-refractivity contribution in [1.82, 2.24) is 0 Å². The van der Waals surface area contributed by atoms with Gasteiger partial charge in [-0.2, -0.15) is 0 Å². The lowest BCUT2D eigenvalue weighted by atomic mass is 10.1. The maximum Gasteiger partial charge on any atom is 0.107 e. The smallest absolute Gasteiger partial charge is 0.107 e. The van der Waals surface area contributed by atoms with Gasteiger partial charge in [-0.25, -0.2) is 0 Å². The van der Waals surface area contributed by atoms with Crippen molar-refractivity contribution in [3.05, 3.63) is 63.1 Å². The zero-order valence-electron chi connectivity index (χ0n) is 9.99. The van der Waals surface area contributed by atoms with Crippen molar-refractivity contribution in [3.63, 3.8) is 0 Å². The van der Waals surface area contributed by atoms with E-state index in [1.807, 2.05) is 42.5 Å². The summed E-state index contributed by atoms with van der Waals surface area (Å²) in [6, 6.07) is 13.5. The van der Waals surface area contributed by atoms with Gasteiger partial charge in [0.05, 0.1) is 0 Å². The van der Waals surface area contributed by atoms with Crippen LogP contribution in [0.5, 0.6) is 0 Å². The summed E-state index contributed by atoms with van der Waals surface area (Å²) in [5.74, 6) is 0. The fourth-order valence-corrected chi connectivity index (χ4v) is 2.78. The summed E-state index contributed by atoms with van der Waals surface area (Å²) >= 11 is 14.4. The van der Waals surface area contributed by atoms with Crippen LogP contribution in [0.15, 0.2) is 46.9 Å². The molecule has 0 aliphatic heterocycles. The summed E-state index contributed by atoms with van der Waals surface area (Å²) in [7, 11) is 0. The molecule has 0 heterocycles. The van der Waals surface area contributed by atoms with Gasteiger partial charge < -0.3 is 11.1 Å². The molecular weight excluding hydrogens is 344 g/mol. The van der Waals surface area contributed by atoms with Crippen molar-refractivity contribution in [3.8, 4) is 0 Å². The fraction of sp³-hybridized carbons (Fsp3) is 0.0714. The van der Waals surface area contributed by atoms with E-state index in [4.69, 9.17) is 29.6 Å². The number of rotatable bonds is 4. The summed E-state index contributed by atoms with van der Waals surface area (Å²) in [6.45, 7) is 0.684. The summed E-state index contributed by atoms with van der Waals surface area (Å²) < 4.78 is 0.890. The van der Waals surface area contributed by atoms with Gasteiger partial charge in [0.1, 0.15) is 4.99 Å². The van der Waals surface area contributed by atoms with Crippen molar-refractivity contribution >= 4 is 50.4 Å². The summed E-state index contributed by atoms with van der Waals surface area (Å²) in [4.78, 5) is 0.367. The summed E-state index contributed by atoms with van der Waals surface area (Å²) in [6.07, 6.45) is 0. The lowest BCUT2D eigenvalue weighted by Gasteiger charge is -2.12. The van der Waals surface area contributed by atoms with Crippen LogP contribution in [-0.2, 0) is 6.54 Å². The predicted octanol–water partition coefficient (Wildman–Crippen LogP) is 4.35. The molecule has 0 aliphatic rings. The van der Waals surface area contributed by atoms with Gasteiger partial charge in [-0.15, -0.1) is 0 Å². The molecule has 0 fully saturated rings. The van der Waals surface area contributed by atoms with Crippen LogP contribution in [0.1, 0.15) is 11.1 Å². The second-order valence-electron chi connectivity index (χ2n) is 4.01. The average molecular weight is 356 g/mol. The van der Waals surface area contributed by atoms with Crippen LogP contribution in [0.3, 0.4) is 0 Å². The van der Waals surface area contributed by atoms with Gasteiger partial charge in [-0.05, 0) is 45.8 Å². The molecule has 3 N–H and O–H groups in total. The molecule has 98 valence electrons. The van der Waals surface area contributed by atoms with E-state index < -0.39 is 0 Å². The molecule has 0 bridgehead atoms. The monoisotopic (exact) mass is 354 g/mol. The van der Waals surface area contributed by atoms with Crippen LogP contribution in [0, 0.1) is 0 Å². The lowest BCUT2D eigenvalue weighted by Crippen LogP contribution is -2.14. The molecule has 0 saturated carbocycles. The molecule has 19 heavy (non-hydrogen) atoms. The van der Waals surface area contributed by atoms with Crippen LogP contribution in [0.4, 0.5) is 5.69 Å². The Morgan fingerprint density at radius 3 is 2.53 bits per heavy atom. The van der Waals surface area contributed by atoms with Crippen molar-refractivity contribution in [2.45, 2.75) is 6.54 Å². The lowest BCUT2D eigenvalue weighted by molar-refractivity contribution is 1.15. The third kappa shape index (κ3) is 3.69. The maximum absolute atomic E-state index is 5.86. The van der Waals surface area contributed by atoms with E-state index in [2.05, 4.69) is 21.2 Å². The molecule has 0 amide bonds. The Hall–Kier alpha value is -1.10. The van der Waals surface area contributed by atoms with Crippen molar-refractivity contribution < 1.29 is 0 Å². The zero-order chi connectivity index (χ0) is 13.8. The molecule has 0 atom stereocenters. The number of hydrogen-bond donors (Lipinski definition) is 2. The van der Waals surface area contributed by atoms with E-state index in [0.717, 1.165) is 26.3 Å². The van der Waals surface area contributed by atoms with E-state index in [1.54, 1.807) is 0 Å². The predicted molar refractivity (Wildman–Crippen MR) is 88.8 cm³/mol. The number of thiocarbonyl (C=S) groups is 1. The van der Waals surface area contributed by atoms with Crippen LogP contribution >= 0.6 is 39.7 Å². The average Bonchev–Trinajstić information content (AvgIpc) is 2.37. The van der Waals surface area contributed by atoms with Crippen LogP contribution in [-0.4, -0.2) is 4.99 Å². The van der Waals surface area contributed by atoms with E-state index in [1.165, 1.54) is 0 Å². The minimum atomic E-state index is 0.367. The second-order valence-corrected chi connectivity index (χ2v) is 5.74. The van der Waals surface area contributed by atoms with Gasteiger partial charge in [0, 0.05) is 27.3 Å². The molecule has 2 nitrogen and oxygen atoms in total. The molecule has 5 heteroatoms. The van der Waals surface area contributed by atoms with Crippen molar-refractivity contribution in [2.24, 2.45) is 5.73 Å².